The lowest BCUT2D eigenvalue weighted by Gasteiger charge is -2.39. The number of halogens is 4. The van der Waals surface area contributed by atoms with E-state index in [2.05, 4.69) is 4.98 Å². The van der Waals surface area contributed by atoms with Crippen molar-refractivity contribution >= 4 is 11.8 Å². The molecule has 0 bridgehead atoms. The molecule has 1 atom stereocenters. The smallest absolute Gasteiger partial charge is 0.378 e. The molecule has 1 aromatic heterocycles. The zero-order chi connectivity index (χ0) is 20.5. The second-order valence-corrected chi connectivity index (χ2v) is 7.06. The molecule has 0 radical (unpaired) electrons. The molecule has 1 fully saturated rings. The number of rotatable bonds is 5. The van der Waals surface area contributed by atoms with Gasteiger partial charge in [-0.05, 0) is 20.3 Å². The lowest BCUT2D eigenvalue weighted by molar-refractivity contribution is -0.153. The van der Waals surface area contributed by atoms with Crippen LogP contribution in [0.15, 0.2) is 4.79 Å². The van der Waals surface area contributed by atoms with Crippen molar-refractivity contribution in [3.8, 4) is 0 Å². The molecule has 0 spiro atoms. The largest absolute Gasteiger partial charge is 0.408 e. The van der Waals surface area contributed by atoms with Crippen molar-refractivity contribution in [3.05, 3.63) is 16.2 Å². The van der Waals surface area contributed by atoms with Gasteiger partial charge in [0.1, 0.15) is 6.04 Å². The monoisotopic (exact) mass is 408 g/mol. The summed E-state index contributed by atoms with van der Waals surface area (Å²) in [6.07, 6.45) is -5.01. The molecular formula is C17H24F4N4O3. The van der Waals surface area contributed by atoms with Gasteiger partial charge in [0.15, 0.2) is 5.82 Å². The standard InChI is InChI=1S/C17H24F4N4O3/c1-11(2)28-10-7-24-12(17(19,20)21)3-4-25-15(26)13(18)14(22-16(24)25)23-5-8-27-9-6-23/h11-12H,3-10H2,1-2H3/t12-/m0/s1. The van der Waals surface area contributed by atoms with Gasteiger partial charge in [-0.15, -0.1) is 0 Å². The first kappa shape index (κ1) is 20.8. The Bertz CT molecular complexity index is 747. The van der Waals surface area contributed by atoms with Crippen LogP contribution in [0.2, 0.25) is 0 Å². The van der Waals surface area contributed by atoms with Crippen LogP contribution in [0.4, 0.5) is 29.3 Å². The molecule has 0 unspecified atom stereocenters. The number of morpholine rings is 1. The first-order chi connectivity index (χ1) is 13.2. The van der Waals surface area contributed by atoms with Crippen molar-refractivity contribution in [1.82, 2.24) is 9.55 Å². The Morgan fingerprint density at radius 2 is 1.93 bits per heavy atom. The van der Waals surface area contributed by atoms with Gasteiger partial charge in [0.05, 0.1) is 25.9 Å². The summed E-state index contributed by atoms with van der Waals surface area (Å²) in [4.78, 5) is 19.2. The third-order valence-corrected chi connectivity index (χ3v) is 4.81. The fourth-order valence-electron chi connectivity index (χ4n) is 3.44. The van der Waals surface area contributed by atoms with E-state index in [-0.39, 0.29) is 44.0 Å². The van der Waals surface area contributed by atoms with E-state index in [1.54, 1.807) is 13.8 Å². The maximum Gasteiger partial charge on any atom is 0.408 e. The van der Waals surface area contributed by atoms with Gasteiger partial charge >= 0.3 is 6.18 Å². The summed E-state index contributed by atoms with van der Waals surface area (Å²) < 4.78 is 67.1. The van der Waals surface area contributed by atoms with Crippen LogP contribution in [-0.4, -0.2) is 67.3 Å². The Morgan fingerprint density at radius 1 is 1.25 bits per heavy atom. The van der Waals surface area contributed by atoms with Gasteiger partial charge in [-0.2, -0.15) is 22.5 Å². The van der Waals surface area contributed by atoms with Crippen LogP contribution < -0.4 is 15.4 Å². The minimum atomic E-state index is -4.51. The maximum absolute atomic E-state index is 14.6. The number of ether oxygens (including phenoxy) is 2. The first-order valence-electron chi connectivity index (χ1n) is 9.28. The third-order valence-electron chi connectivity index (χ3n) is 4.81. The Hall–Kier alpha value is -1.88. The van der Waals surface area contributed by atoms with Crippen molar-refractivity contribution in [1.29, 1.82) is 0 Å². The average molecular weight is 408 g/mol. The molecule has 3 heterocycles. The summed E-state index contributed by atoms with van der Waals surface area (Å²) >= 11 is 0. The molecule has 2 aliphatic heterocycles. The number of fused-ring (bicyclic) bond motifs is 1. The average Bonchev–Trinajstić information content (AvgIpc) is 2.64. The van der Waals surface area contributed by atoms with Gasteiger partial charge < -0.3 is 19.3 Å². The Morgan fingerprint density at radius 3 is 2.54 bits per heavy atom. The first-order valence-corrected chi connectivity index (χ1v) is 9.28. The van der Waals surface area contributed by atoms with Crippen LogP contribution in [0.1, 0.15) is 20.3 Å². The van der Waals surface area contributed by atoms with Gasteiger partial charge in [0, 0.05) is 26.2 Å². The van der Waals surface area contributed by atoms with Gasteiger partial charge in [0.25, 0.3) is 5.56 Å². The van der Waals surface area contributed by atoms with Crippen molar-refractivity contribution in [2.24, 2.45) is 0 Å². The van der Waals surface area contributed by atoms with Gasteiger partial charge in [-0.25, -0.2) is 0 Å². The molecule has 1 aromatic rings. The number of aromatic nitrogens is 2. The minimum Gasteiger partial charge on any atom is -0.378 e. The van der Waals surface area contributed by atoms with E-state index in [1.165, 1.54) is 4.90 Å². The van der Waals surface area contributed by atoms with Crippen LogP contribution in [0.3, 0.4) is 0 Å². The normalized spacial score (nSPS) is 20.6. The molecule has 0 saturated carbocycles. The summed E-state index contributed by atoms with van der Waals surface area (Å²) in [6, 6.07) is -1.81. The van der Waals surface area contributed by atoms with Crippen molar-refractivity contribution in [3.63, 3.8) is 0 Å². The van der Waals surface area contributed by atoms with Crippen molar-refractivity contribution in [2.75, 3.05) is 49.3 Å². The number of hydrogen-bond donors (Lipinski definition) is 0. The van der Waals surface area contributed by atoms with Gasteiger partial charge in [-0.1, -0.05) is 0 Å². The fourth-order valence-corrected chi connectivity index (χ4v) is 3.44. The summed E-state index contributed by atoms with van der Waals surface area (Å²) in [5.41, 5.74) is -0.957. The predicted octanol–water partition coefficient (Wildman–Crippen LogP) is 1.79. The minimum absolute atomic E-state index is 0.0321. The molecule has 7 nitrogen and oxygen atoms in total. The highest BCUT2D eigenvalue weighted by Crippen LogP contribution is 2.34. The van der Waals surface area contributed by atoms with E-state index in [0.717, 1.165) is 9.47 Å². The van der Waals surface area contributed by atoms with Gasteiger partial charge in [-0.3, -0.25) is 9.36 Å². The zero-order valence-corrected chi connectivity index (χ0v) is 15.8. The van der Waals surface area contributed by atoms with E-state index in [1.807, 2.05) is 0 Å². The highest BCUT2D eigenvalue weighted by atomic mass is 19.4. The number of hydrogen-bond acceptors (Lipinski definition) is 6. The lowest BCUT2D eigenvalue weighted by atomic mass is 10.1. The SMILES string of the molecule is CC(C)OCCN1c2nc(N3CCOCC3)c(F)c(=O)n2CC[C@H]1C(F)(F)F. The van der Waals surface area contributed by atoms with Crippen LogP contribution in [0.25, 0.3) is 0 Å². The summed E-state index contributed by atoms with van der Waals surface area (Å²) in [5, 5.41) is 0. The highest BCUT2D eigenvalue weighted by molar-refractivity contribution is 5.48. The maximum atomic E-state index is 14.6. The summed E-state index contributed by atoms with van der Waals surface area (Å²) in [7, 11) is 0. The third kappa shape index (κ3) is 4.24. The quantitative estimate of drug-likeness (QED) is 0.693. The predicted molar refractivity (Wildman–Crippen MR) is 94.4 cm³/mol. The molecule has 11 heteroatoms. The Balaban J connectivity index is 2.01. The van der Waals surface area contributed by atoms with Crippen LogP contribution in [0.5, 0.6) is 0 Å². The molecular weight excluding hydrogens is 384 g/mol. The fraction of sp³-hybridized carbons (Fsp3) is 0.765. The number of anilines is 2. The topological polar surface area (TPSA) is 59.8 Å². The van der Waals surface area contributed by atoms with E-state index >= 15 is 0 Å². The van der Waals surface area contributed by atoms with Crippen LogP contribution in [0, 0.1) is 5.82 Å². The molecule has 1 saturated heterocycles. The van der Waals surface area contributed by atoms with Crippen LogP contribution >= 0.6 is 0 Å². The number of alkyl halides is 3. The molecule has 0 N–H and O–H groups in total. The summed E-state index contributed by atoms with van der Waals surface area (Å²) in [5.74, 6) is -1.44. The molecule has 3 rings (SSSR count). The Labute approximate surface area is 159 Å². The molecule has 0 aliphatic carbocycles. The molecule has 158 valence electrons. The second kappa shape index (κ2) is 8.24. The lowest BCUT2D eigenvalue weighted by Crippen LogP contribution is -2.54. The number of nitrogens with zero attached hydrogens (tertiary/aromatic N) is 4. The van der Waals surface area contributed by atoms with Crippen molar-refractivity contribution < 1.29 is 27.0 Å². The molecule has 2 aliphatic rings. The van der Waals surface area contributed by atoms with E-state index in [9.17, 15) is 22.4 Å². The Kier molecular flexibility index (Phi) is 6.13. The molecule has 28 heavy (non-hydrogen) atoms. The summed E-state index contributed by atoms with van der Waals surface area (Å²) in [6.45, 7) is 4.52. The van der Waals surface area contributed by atoms with E-state index in [4.69, 9.17) is 9.47 Å². The van der Waals surface area contributed by atoms with Gasteiger partial charge in [0.2, 0.25) is 11.8 Å². The second-order valence-electron chi connectivity index (χ2n) is 7.06. The van der Waals surface area contributed by atoms with Crippen LogP contribution in [-0.2, 0) is 16.0 Å². The highest BCUT2D eigenvalue weighted by Gasteiger charge is 2.47. The molecule has 0 aromatic carbocycles. The van der Waals surface area contributed by atoms with E-state index < -0.39 is 23.6 Å². The van der Waals surface area contributed by atoms with Crippen molar-refractivity contribution in [2.45, 2.75) is 45.1 Å². The molecule has 0 amide bonds. The zero-order valence-electron chi connectivity index (χ0n) is 15.8. The van der Waals surface area contributed by atoms with E-state index in [0.29, 0.717) is 26.3 Å².